The van der Waals surface area contributed by atoms with Gasteiger partial charge < -0.3 is 5.32 Å². The van der Waals surface area contributed by atoms with Crippen molar-refractivity contribution >= 4 is 10.0 Å². The van der Waals surface area contributed by atoms with Gasteiger partial charge in [0.25, 0.3) is 0 Å². The Kier molecular flexibility index (Phi) is 4.67. The molecule has 2 bridgehead atoms. The van der Waals surface area contributed by atoms with Crippen LogP contribution < -0.4 is 5.32 Å². The Labute approximate surface area is 111 Å². The highest BCUT2D eigenvalue weighted by atomic mass is 32.2. The minimum absolute atomic E-state index is 0.205. The quantitative estimate of drug-likeness (QED) is 0.828. The summed E-state index contributed by atoms with van der Waals surface area (Å²) in [4.78, 5) is 0. The highest BCUT2D eigenvalue weighted by molar-refractivity contribution is 7.89. The minimum atomic E-state index is -3.07. The molecule has 2 atom stereocenters. The lowest BCUT2D eigenvalue weighted by Gasteiger charge is -2.28. The maximum Gasteiger partial charge on any atom is 0.214 e. The fraction of sp³-hybridized carbons (Fsp3) is 1.00. The molecule has 0 radical (unpaired) electrons. The van der Waals surface area contributed by atoms with E-state index in [4.69, 9.17) is 0 Å². The zero-order valence-corrected chi connectivity index (χ0v) is 12.4. The second-order valence-corrected chi connectivity index (χ2v) is 7.59. The average molecular weight is 274 g/mol. The van der Waals surface area contributed by atoms with Crippen molar-refractivity contribution in [1.82, 2.24) is 9.62 Å². The summed E-state index contributed by atoms with van der Waals surface area (Å²) in [6.45, 7) is 5.96. The van der Waals surface area contributed by atoms with Gasteiger partial charge in [-0.2, -0.15) is 4.31 Å². The molecule has 0 spiro atoms. The normalized spacial score (nSPS) is 29.7. The largest absolute Gasteiger partial charge is 0.315 e. The minimum Gasteiger partial charge on any atom is -0.315 e. The Morgan fingerprint density at radius 2 is 1.83 bits per heavy atom. The molecular formula is C13H26N2O2S. The van der Waals surface area contributed by atoms with Crippen molar-refractivity contribution in [1.29, 1.82) is 0 Å². The van der Waals surface area contributed by atoms with E-state index in [9.17, 15) is 8.42 Å². The molecular weight excluding hydrogens is 248 g/mol. The van der Waals surface area contributed by atoms with E-state index in [1.165, 1.54) is 0 Å². The molecule has 0 aromatic carbocycles. The first-order valence-corrected chi connectivity index (χ1v) is 8.91. The molecule has 2 rings (SSSR count). The van der Waals surface area contributed by atoms with Crippen LogP contribution in [-0.2, 0) is 10.0 Å². The summed E-state index contributed by atoms with van der Waals surface area (Å²) in [5.74, 6) is 0.651. The monoisotopic (exact) mass is 274 g/mol. The lowest BCUT2D eigenvalue weighted by molar-refractivity contribution is 0.330. The van der Waals surface area contributed by atoms with Gasteiger partial charge >= 0.3 is 0 Å². The maximum absolute atomic E-state index is 12.6. The summed E-state index contributed by atoms with van der Waals surface area (Å²) in [5, 5.41) is 3.36. The highest BCUT2D eigenvalue weighted by Gasteiger charge is 2.42. The van der Waals surface area contributed by atoms with E-state index in [-0.39, 0.29) is 12.1 Å². The maximum atomic E-state index is 12.6. The van der Waals surface area contributed by atoms with Gasteiger partial charge in [0, 0.05) is 18.6 Å². The topological polar surface area (TPSA) is 49.4 Å². The van der Waals surface area contributed by atoms with E-state index < -0.39 is 10.0 Å². The number of nitrogens with one attached hydrogen (secondary N) is 1. The van der Waals surface area contributed by atoms with Gasteiger partial charge in [-0.3, -0.25) is 0 Å². The van der Waals surface area contributed by atoms with Crippen molar-refractivity contribution in [2.24, 2.45) is 5.92 Å². The number of sulfonamides is 1. The van der Waals surface area contributed by atoms with Gasteiger partial charge in [0.1, 0.15) is 0 Å². The summed E-state index contributed by atoms with van der Waals surface area (Å²) in [5.41, 5.74) is 0. The molecule has 2 heterocycles. The summed E-state index contributed by atoms with van der Waals surface area (Å²) >= 11 is 0. The van der Waals surface area contributed by atoms with Gasteiger partial charge in [0.05, 0.1) is 5.75 Å². The Morgan fingerprint density at radius 1 is 1.17 bits per heavy atom. The first-order valence-electron chi connectivity index (χ1n) is 7.30. The van der Waals surface area contributed by atoms with E-state index in [0.717, 1.165) is 45.2 Å². The predicted octanol–water partition coefficient (Wildman–Crippen LogP) is 1.58. The van der Waals surface area contributed by atoms with Crippen LogP contribution in [-0.4, -0.2) is 43.6 Å². The predicted molar refractivity (Wildman–Crippen MR) is 74.0 cm³/mol. The summed E-state index contributed by atoms with van der Waals surface area (Å²) < 4.78 is 27.1. The van der Waals surface area contributed by atoms with E-state index in [2.05, 4.69) is 19.2 Å². The molecule has 2 fully saturated rings. The smallest absolute Gasteiger partial charge is 0.214 e. The molecule has 4 nitrogen and oxygen atoms in total. The van der Waals surface area contributed by atoms with E-state index in [1.54, 1.807) is 0 Å². The SMILES string of the molecule is CCC(CC)CS(=O)(=O)N1C2CCNCC1CC2. The number of fused-ring (bicyclic) bond motifs is 2. The third kappa shape index (κ3) is 2.89. The van der Waals surface area contributed by atoms with Crippen LogP contribution in [0.5, 0.6) is 0 Å². The molecule has 18 heavy (non-hydrogen) atoms. The average Bonchev–Trinajstić information content (AvgIpc) is 2.60. The number of hydrogen-bond donors (Lipinski definition) is 1. The molecule has 0 aromatic rings. The van der Waals surface area contributed by atoms with Crippen LogP contribution >= 0.6 is 0 Å². The Morgan fingerprint density at radius 3 is 2.50 bits per heavy atom. The molecule has 0 aromatic heterocycles. The molecule has 2 aliphatic rings. The summed E-state index contributed by atoms with van der Waals surface area (Å²) in [6, 6.07) is 0.459. The first-order chi connectivity index (χ1) is 8.58. The fourth-order valence-corrected chi connectivity index (χ4v) is 5.84. The van der Waals surface area contributed by atoms with Crippen molar-refractivity contribution < 1.29 is 8.42 Å². The first kappa shape index (κ1) is 14.3. The standard InChI is InChI=1S/C13H26N2O2S/c1-3-11(4-2)10-18(16,17)15-12-5-6-13(15)9-14-8-7-12/h11-14H,3-10H2,1-2H3. The molecule has 2 aliphatic heterocycles. The fourth-order valence-electron chi connectivity index (χ4n) is 3.30. The van der Waals surface area contributed by atoms with Crippen molar-refractivity contribution in [3.63, 3.8) is 0 Å². The van der Waals surface area contributed by atoms with Crippen LogP contribution in [0.1, 0.15) is 46.0 Å². The molecule has 106 valence electrons. The zero-order valence-electron chi connectivity index (χ0n) is 11.6. The van der Waals surface area contributed by atoms with Gasteiger partial charge in [0.15, 0.2) is 0 Å². The zero-order chi connectivity index (χ0) is 13.2. The number of nitrogens with zero attached hydrogens (tertiary/aromatic N) is 1. The summed E-state index contributed by atoms with van der Waals surface area (Å²) in [7, 11) is -3.07. The van der Waals surface area contributed by atoms with Crippen LogP contribution in [0.15, 0.2) is 0 Å². The summed E-state index contributed by atoms with van der Waals surface area (Å²) in [6.07, 6.45) is 4.96. The van der Waals surface area contributed by atoms with Crippen molar-refractivity contribution in [2.45, 2.75) is 58.0 Å². The van der Waals surface area contributed by atoms with Crippen LogP contribution in [0, 0.1) is 5.92 Å². The lowest BCUT2D eigenvalue weighted by Crippen LogP contribution is -2.44. The van der Waals surface area contributed by atoms with E-state index in [0.29, 0.717) is 11.7 Å². The van der Waals surface area contributed by atoms with Gasteiger partial charge in [0.2, 0.25) is 10.0 Å². The molecule has 2 saturated heterocycles. The van der Waals surface area contributed by atoms with Crippen LogP contribution in [0.4, 0.5) is 0 Å². The molecule has 0 saturated carbocycles. The number of hydrogen-bond acceptors (Lipinski definition) is 3. The molecule has 2 unspecified atom stereocenters. The van der Waals surface area contributed by atoms with E-state index in [1.807, 2.05) is 4.31 Å². The molecule has 0 aliphatic carbocycles. The Hall–Kier alpha value is -0.130. The molecule has 1 N–H and O–H groups in total. The van der Waals surface area contributed by atoms with Crippen LogP contribution in [0.2, 0.25) is 0 Å². The molecule has 5 heteroatoms. The van der Waals surface area contributed by atoms with Gasteiger partial charge in [-0.1, -0.05) is 26.7 Å². The Balaban J connectivity index is 2.13. The van der Waals surface area contributed by atoms with Crippen LogP contribution in [0.25, 0.3) is 0 Å². The van der Waals surface area contributed by atoms with Gasteiger partial charge in [-0.05, 0) is 31.7 Å². The van der Waals surface area contributed by atoms with Crippen molar-refractivity contribution in [3.05, 3.63) is 0 Å². The second-order valence-electron chi connectivity index (χ2n) is 5.67. The Bertz CT molecular complexity index is 351. The highest BCUT2D eigenvalue weighted by Crippen LogP contribution is 2.32. The van der Waals surface area contributed by atoms with Crippen molar-refractivity contribution in [2.75, 3.05) is 18.8 Å². The third-order valence-corrected chi connectivity index (χ3v) is 6.64. The second kappa shape index (κ2) is 5.88. The van der Waals surface area contributed by atoms with Gasteiger partial charge in [-0.15, -0.1) is 0 Å². The lowest BCUT2D eigenvalue weighted by atomic mass is 10.1. The number of rotatable bonds is 5. The van der Waals surface area contributed by atoms with Crippen LogP contribution in [0.3, 0.4) is 0 Å². The molecule has 0 amide bonds. The van der Waals surface area contributed by atoms with Gasteiger partial charge in [-0.25, -0.2) is 8.42 Å². The van der Waals surface area contributed by atoms with Crippen molar-refractivity contribution in [3.8, 4) is 0 Å². The third-order valence-electron chi connectivity index (χ3n) is 4.51. The van der Waals surface area contributed by atoms with E-state index >= 15 is 0 Å².